The van der Waals surface area contributed by atoms with Gasteiger partial charge in [-0.3, -0.25) is 34.0 Å². The molecule has 8 rings (SSSR count). The standard InChI is InChI=1S/C56H72N8O7/c1-10-48(65)62-25-21-40(32-62)53(67)61(8)50(34(3)4)52(66)59-46-27-36-14-12-15-38(26-36)39-17-18-47-42(28-39)44(30-56(6,7)33-71-55(69)45-16-13-24-64(60-45)54(46)68)51(63(47)11-2)43-29-41(37-19-22-57-23-20-37)31-58-49(43)35(5)70-9/h10,12,14-15,17-19,26,28-29,31,34-35,40,45-46,50,57,60H,1,11,13,16,20-25,27,30,32-33H2,2-9H3,(H,59,66)/t35-,40-,45-,46-,50-/m0/s1. The number of methoxy groups -OCH3 is 1. The summed E-state index contributed by atoms with van der Waals surface area (Å²) in [5.41, 5.74) is 12.9. The predicted octanol–water partition coefficient (Wildman–Crippen LogP) is 6.64. The van der Waals surface area contributed by atoms with Crippen molar-refractivity contribution in [2.24, 2.45) is 17.3 Å². The average molecular weight is 969 g/mol. The number of ether oxygens (including phenoxy) is 2. The summed E-state index contributed by atoms with van der Waals surface area (Å²) >= 11 is 0. The number of nitrogens with one attached hydrogen (secondary N) is 3. The lowest BCUT2D eigenvalue weighted by Crippen LogP contribution is -2.62. The van der Waals surface area contributed by atoms with Gasteiger partial charge in [0.05, 0.1) is 30.0 Å². The fourth-order valence-electron chi connectivity index (χ4n) is 11.0. The molecule has 71 heavy (non-hydrogen) atoms. The fourth-order valence-corrected chi connectivity index (χ4v) is 11.0. The second kappa shape index (κ2) is 21.7. The summed E-state index contributed by atoms with van der Waals surface area (Å²) in [6.07, 6.45) is 8.28. The predicted molar refractivity (Wildman–Crippen MR) is 275 cm³/mol. The molecule has 3 N–H and O–H groups in total. The van der Waals surface area contributed by atoms with E-state index in [1.54, 1.807) is 19.1 Å². The number of likely N-dealkylation sites (N-methyl/N-ethyl adjacent to an activating group) is 1. The fraction of sp³-hybridized carbons (Fsp3) is 0.500. The molecule has 2 aromatic heterocycles. The SMILES string of the molecule is C=CC(=O)N1CC[C@H](C(=O)N(C)[C@H](C(=O)N[C@H]2Cc3cccc(c3)-c3ccc4c(c3)c(c(-c3cc(C5=CCNCC5)cnc3[C@H](C)OC)n4CC)CC(C)(C)COC(=O)[C@@H]3CCCN(N3)C2=O)C(C)C)C1. The van der Waals surface area contributed by atoms with Crippen LogP contribution < -0.4 is 16.1 Å². The zero-order valence-corrected chi connectivity index (χ0v) is 42.8. The van der Waals surface area contributed by atoms with Crippen LogP contribution in [-0.2, 0) is 52.8 Å². The number of fused-ring (bicyclic) bond motifs is 6. The molecule has 0 radical (unpaired) electrons. The Labute approximate surface area is 418 Å². The Balaban J connectivity index is 1.21. The third-order valence-corrected chi connectivity index (χ3v) is 14.8. The summed E-state index contributed by atoms with van der Waals surface area (Å²) in [6.45, 7) is 19.3. The van der Waals surface area contributed by atoms with Gasteiger partial charge in [0.25, 0.3) is 5.91 Å². The van der Waals surface area contributed by atoms with E-state index in [2.05, 4.69) is 90.5 Å². The molecule has 4 amide bonds. The number of nitrogens with zero attached hydrogens (tertiary/aromatic N) is 5. The first-order chi connectivity index (χ1) is 34.0. The zero-order valence-electron chi connectivity index (χ0n) is 42.8. The van der Waals surface area contributed by atoms with Crippen LogP contribution in [0.3, 0.4) is 0 Å². The number of aryl methyl sites for hydroxylation is 1. The number of amides is 4. The van der Waals surface area contributed by atoms with E-state index in [-0.39, 0.29) is 43.4 Å². The minimum Gasteiger partial charge on any atom is -0.464 e. The van der Waals surface area contributed by atoms with E-state index >= 15 is 0 Å². The minimum absolute atomic E-state index is 0.127. The molecule has 0 unspecified atom stereocenters. The van der Waals surface area contributed by atoms with Crippen molar-refractivity contribution in [2.75, 3.05) is 53.5 Å². The van der Waals surface area contributed by atoms with Crippen LogP contribution in [0.25, 0.3) is 38.9 Å². The Bertz CT molecular complexity index is 2720. The van der Waals surface area contributed by atoms with Crippen LogP contribution in [0.1, 0.15) is 95.7 Å². The van der Waals surface area contributed by atoms with Crippen LogP contribution in [0.5, 0.6) is 0 Å². The number of cyclic esters (lactones) is 1. The maximum absolute atomic E-state index is 14.8. The molecule has 6 bridgehead atoms. The summed E-state index contributed by atoms with van der Waals surface area (Å²) < 4.78 is 14.6. The molecule has 4 aliphatic rings. The minimum atomic E-state index is -1.06. The van der Waals surface area contributed by atoms with Gasteiger partial charge in [-0.25, -0.2) is 5.43 Å². The topological polar surface area (TPSA) is 167 Å². The van der Waals surface area contributed by atoms with Crippen molar-refractivity contribution in [2.45, 2.75) is 111 Å². The Kier molecular flexibility index (Phi) is 15.6. The highest BCUT2D eigenvalue weighted by Gasteiger charge is 2.40. The third-order valence-electron chi connectivity index (χ3n) is 14.8. The Hall–Kier alpha value is -6.16. The smallest absolute Gasteiger partial charge is 0.324 e. The molecule has 6 heterocycles. The van der Waals surface area contributed by atoms with Gasteiger partial charge in [0.15, 0.2) is 0 Å². The largest absolute Gasteiger partial charge is 0.464 e. The number of pyridine rings is 1. The molecule has 4 aromatic rings. The van der Waals surface area contributed by atoms with Gasteiger partial charge in [0.1, 0.15) is 18.1 Å². The molecule has 15 heteroatoms. The molecule has 2 saturated heterocycles. The van der Waals surface area contributed by atoms with E-state index in [1.807, 2.05) is 39.1 Å². The first kappa shape index (κ1) is 51.2. The number of likely N-dealkylation sites (tertiary alicyclic amines) is 1. The summed E-state index contributed by atoms with van der Waals surface area (Å²) in [7, 11) is 3.33. The molecule has 2 aromatic carbocycles. The number of hydrogen-bond donors (Lipinski definition) is 3. The Morgan fingerprint density at radius 1 is 1.06 bits per heavy atom. The van der Waals surface area contributed by atoms with Gasteiger partial charge in [-0.15, -0.1) is 0 Å². The lowest BCUT2D eigenvalue weighted by Gasteiger charge is -2.37. The van der Waals surface area contributed by atoms with E-state index < -0.39 is 47.2 Å². The summed E-state index contributed by atoms with van der Waals surface area (Å²) in [4.78, 5) is 78.0. The first-order valence-corrected chi connectivity index (χ1v) is 25.4. The van der Waals surface area contributed by atoms with Crippen molar-refractivity contribution in [3.63, 3.8) is 0 Å². The lowest BCUT2D eigenvalue weighted by molar-refractivity contribution is -0.155. The number of hydrogen-bond acceptors (Lipinski definition) is 10. The summed E-state index contributed by atoms with van der Waals surface area (Å²) in [6, 6.07) is 14.2. The molecule has 15 nitrogen and oxygen atoms in total. The van der Waals surface area contributed by atoms with E-state index in [9.17, 15) is 24.0 Å². The second-order valence-electron chi connectivity index (χ2n) is 20.9. The molecule has 5 atom stereocenters. The number of benzene rings is 2. The number of carbonyl (C=O) groups is 5. The van der Waals surface area contributed by atoms with Crippen LogP contribution in [0.2, 0.25) is 0 Å². The van der Waals surface area contributed by atoms with Gasteiger partial charge in [0.2, 0.25) is 17.7 Å². The zero-order chi connectivity index (χ0) is 50.7. The number of rotatable bonds is 11. The first-order valence-electron chi connectivity index (χ1n) is 25.4. The lowest BCUT2D eigenvalue weighted by atomic mass is 9.83. The molecule has 0 aliphatic carbocycles. The van der Waals surface area contributed by atoms with Gasteiger partial charge in [-0.1, -0.05) is 70.7 Å². The van der Waals surface area contributed by atoms with Gasteiger partial charge in [-0.05, 0) is 116 Å². The van der Waals surface area contributed by atoms with E-state index in [1.165, 1.54) is 21.6 Å². The molecule has 0 saturated carbocycles. The Morgan fingerprint density at radius 2 is 1.85 bits per heavy atom. The number of carbonyl (C=O) groups excluding carboxylic acids is 5. The van der Waals surface area contributed by atoms with Crippen molar-refractivity contribution in [3.05, 3.63) is 95.8 Å². The van der Waals surface area contributed by atoms with Gasteiger partial charge in [-0.2, -0.15) is 0 Å². The number of hydrazine groups is 1. The van der Waals surface area contributed by atoms with Gasteiger partial charge in [0, 0.05) is 81.4 Å². The highest BCUT2D eigenvalue weighted by Crippen LogP contribution is 2.43. The van der Waals surface area contributed by atoms with Crippen LogP contribution >= 0.6 is 0 Å². The van der Waals surface area contributed by atoms with Crippen molar-refractivity contribution in [1.29, 1.82) is 0 Å². The molecular formula is C56H72N8O7. The van der Waals surface area contributed by atoms with E-state index in [4.69, 9.17) is 14.5 Å². The third kappa shape index (κ3) is 10.9. The average Bonchev–Trinajstić information content (AvgIpc) is 3.99. The van der Waals surface area contributed by atoms with Crippen LogP contribution in [0.4, 0.5) is 0 Å². The van der Waals surface area contributed by atoms with Crippen LogP contribution in [0, 0.1) is 17.3 Å². The quantitative estimate of drug-likeness (QED) is 0.110. The van der Waals surface area contributed by atoms with Crippen molar-refractivity contribution in [1.82, 2.24) is 40.4 Å². The summed E-state index contributed by atoms with van der Waals surface area (Å²) in [5.74, 6) is -2.57. The maximum atomic E-state index is 14.8. The van der Waals surface area contributed by atoms with Crippen LogP contribution in [0.15, 0.2) is 73.5 Å². The highest BCUT2D eigenvalue weighted by molar-refractivity contribution is 5.96. The van der Waals surface area contributed by atoms with Crippen molar-refractivity contribution < 1.29 is 33.4 Å². The molecule has 2 fully saturated rings. The normalized spacial score (nSPS) is 21.5. The Morgan fingerprint density at radius 3 is 2.56 bits per heavy atom. The van der Waals surface area contributed by atoms with E-state index in [0.717, 1.165) is 75.2 Å². The van der Waals surface area contributed by atoms with Gasteiger partial charge < -0.3 is 34.5 Å². The number of aromatic nitrogens is 2. The summed E-state index contributed by atoms with van der Waals surface area (Å²) in [5, 5.41) is 9.04. The molecule has 0 spiro atoms. The number of esters is 1. The molecule has 378 valence electrons. The second-order valence-corrected chi connectivity index (χ2v) is 20.9. The van der Waals surface area contributed by atoms with E-state index in [0.29, 0.717) is 45.3 Å². The molecular weight excluding hydrogens is 897 g/mol. The van der Waals surface area contributed by atoms with Crippen molar-refractivity contribution >= 4 is 46.1 Å². The van der Waals surface area contributed by atoms with Gasteiger partial charge >= 0.3 is 5.97 Å². The molecule has 4 aliphatic heterocycles. The monoisotopic (exact) mass is 969 g/mol. The van der Waals surface area contributed by atoms with Crippen molar-refractivity contribution in [3.8, 4) is 22.4 Å². The highest BCUT2D eigenvalue weighted by atomic mass is 16.5. The van der Waals surface area contributed by atoms with Crippen LogP contribution in [-0.4, -0.2) is 126 Å². The maximum Gasteiger partial charge on any atom is 0.324 e.